The Labute approximate surface area is 82.4 Å². The van der Waals surface area contributed by atoms with Crippen LogP contribution in [0.15, 0.2) is 18.2 Å². The highest BCUT2D eigenvalue weighted by Crippen LogP contribution is 2.16. The highest BCUT2D eigenvalue weighted by molar-refractivity contribution is 5.94. The summed E-state index contributed by atoms with van der Waals surface area (Å²) in [6, 6.07) is 5.98. The highest BCUT2D eigenvalue weighted by atomic mass is 16.1. The van der Waals surface area contributed by atoms with E-state index in [0.717, 1.165) is 11.0 Å². The molecule has 0 saturated carbocycles. The van der Waals surface area contributed by atoms with E-state index in [4.69, 9.17) is 0 Å². The number of benzene rings is 1. The molecule has 0 saturated heterocycles. The van der Waals surface area contributed by atoms with Gasteiger partial charge in [-0.05, 0) is 24.6 Å². The van der Waals surface area contributed by atoms with Crippen LogP contribution in [-0.2, 0) is 7.05 Å². The monoisotopic (exact) mass is 188 g/mol. The number of Topliss-reactive ketones (excluding diaryl/α,β-unsaturated/α-hetero) is 1. The van der Waals surface area contributed by atoms with Crippen LogP contribution in [0.4, 0.5) is 0 Å². The summed E-state index contributed by atoms with van der Waals surface area (Å²) in [5.41, 5.74) is 3.06. The molecule has 0 radical (unpaired) electrons. The first-order valence-corrected chi connectivity index (χ1v) is 4.53. The standard InChI is InChI=1S/C11H12N2O/c1-7-4-5-9-10(6-7)13(3)11(12-9)8(2)14/h4-6H,1-3H3. The van der Waals surface area contributed by atoms with Gasteiger partial charge in [0.05, 0.1) is 11.0 Å². The molecule has 0 fully saturated rings. The minimum atomic E-state index is 0.00125. The quantitative estimate of drug-likeness (QED) is 0.642. The van der Waals surface area contributed by atoms with Gasteiger partial charge in [0.2, 0.25) is 0 Å². The van der Waals surface area contributed by atoms with Crippen molar-refractivity contribution in [3.8, 4) is 0 Å². The van der Waals surface area contributed by atoms with Crippen molar-refractivity contribution in [3.05, 3.63) is 29.6 Å². The van der Waals surface area contributed by atoms with E-state index in [-0.39, 0.29) is 5.78 Å². The van der Waals surface area contributed by atoms with Gasteiger partial charge in [-0.15, -0.1) is 0 Å². The summed E-state index contributed by atoms with van der Waals surface area (Å²) in [5, 5.41) is 0. The molecule has 0 aliphatic carbocycles. The predicted molar refractivity (Wildman–Crippen MR) is 55.5 cm³/mol. The molecule has 0 bridgehead atoms. The van der Waals surface area contributed by atoms with E-state index in [1.54, 1.807) is 0 Å². The number of hydrogen-bond acceptors (Lipinski definition) is 2. The van der Waals surface area contributed by atoms with E-state index in [1.807, 2.05) is 36.7 Å². The zero-order valence-electron chi connectivity index (χ0n) is 8.53. The molecule has 2 aromatic rings. The summed E-state index contributed by atoms with van der Waals surface area (Å²) < 4.78 is 1.84. The van der Waals surface area contributed by atoms with Crippen LogP contribution >= 0.6 is 0 Å². The molecule has 0 amide bonds. The van der Waals surface area contributed by atoms with Crippen LogP contribution in [0.1, 0.15) is 23.1 Å². The molecule has 0 spiro atoms. The fourth-order valence-electron chi connectivity index (χ4n) is 1.61. The normalized spacial score (nSPS) is 10.8. The molecule has 1 aromatic heterocycles. The minimum absolute atomic E-state index is 0.00125. The Morgan fingerprint density at radius 1 is 1.43 bits per heavy atom. The van der Waals surface area contributed by atoms with Crippen LogP contribution < -0.4 is 0 Å². The van der Waals surface area contributed by atoms with Crippen molar-refractivity contribution >= 4 is 16.8 Å². The lowest BCUT2D eigenvalue weighted by Crippen LogP contribution is -2.02. The summed E-state index contributed by atoms with van der Waals surface area (Å²) in [7, 11) is 1.87. The molecule has 0 unspecified atom stereocenters. The smallest absolute Gasteiger partial charge is 0.195 e. The third-order valence-electron chi connectivity index (χ3n) is 2.35. The summed E-state index contributed by atoms with van der Waals surface area (Å²) in [6.45, 7) is 3.56. The summed E-state index contributed by atoms with van der Waals surface area (Å²) in [4.78, 5) is 15.5. The fourth-order valence-corrected chi connectivity index (χ4v) is 1.61. The number of fused-ring (bicyclic) bond motifs is 1. The number of ketones is 1. The van der Waals surface area contributed by atoms with Crippen molar-refractivity contribution in [1.82, 2.24) is 9.55 Å². The second-order valence-corrected chi connectivity index (χ2v) is 3.54. The number of imidazole rings is 1. The highest BCUT2D eigenvalue weighted by Gasteiger charge is 2.10. The van der Waals surface area contributed by atoms with Gasteiger partial charge in [0.1, 0.15) is 0 Å². The number of nitrogens with zero attached hydrogens (tertiary/aromatic N) is 2. The number of carbonyl (C=O) groups excluding carboxylic acids is 1. The fraction of sp³-hybridized carbons (Fsp3) is 0.273. The van der Waals surface area contributed by atoms with Gasteiger partial charge in [-0.2, -0.15) is 0 Å². The summed E-state index contributed by atoms with van der Waals surface area (Å²) >= 11 is 0. The second-order valence-electron chi connectivity index (χ2n) is 3.54. The first kappa shape index (κ1) is 8.94. The maximum atomic E-state index is 11.2. The van der Waals surface area contributed by atoms with Crippen molar-refractivity contribution in [3.63, 3.8) is 0 Å². The minimum Gasteiger partial charge on any atom is -0.325 e. The van der Waals surface area contributed by atoms with E-state index in [1.165, 1.54) is 12.5 Å². The van der Waals surface area contributed by atoms with Crippen molar-refractivity contribution in [2.24, 2.45) is 7.05 Å². The number of hydrogen-bond donors (Lipinski definition) is 0. The SMILES string of the molecule is CC(=O)c1nc2ccc(C)cc2n1C. The zero-order valence-corrected chi connectivity index (χ0v) is 8.53. The van der Waals surface area contributed by atoms with E-state index in [2.05, 4.69) is 4.98 Å². The molecular formula is C11H12N2O. The van der Waals surface area contributed by atoms with Gasteiger partial charge in [0, 0.05) is 14.0 Å². The number of carbonyl (C=O) groups is 1. The molecule has 2 rings (SSSR count). The molecule has 72 valence electrons. The molecular weight excluding hydrogens is 176 g/mol. The molecule has 0 aliphatic heterocycles. The van der Waals surface area contributed by atoms with Gasteiger partial charge in [0.15, 0.2) is 11.6 Å². The second kappa shape index (κ2) is 2.94. The van der Waals surface area contributed by atoms with Crippen molar-refractivity contribution < 1.29 is 4.79 Å². The first-order valence-electron chi connectivity index (χ1n) is 4.53. The van der Waals surface area contributed by atoms with Crippen LogP contribution in [0.3, 0.4) is 0 Å². The average Bonchev–Trinajstić information content (AvgIpc) is 2.44. The molecule has 0 N–H and O–H groups in total. The van der Waals surface area contributed by atoms with E-state index < -0.39 is 0 Å². The van der Waals surface area contributed by atoms with E-state index in [9.17, 15) is 4.79 Å². The van der Waals surface area contributed by atoms with Crippen molar-refractivity contribution in [2.75, 3.05) is 0 Å². The molecule has 0 aliphatic rings. The number of rotatable bonds is 1. The third-order valence-corrected chi connectivity index (χ3v) is 2.35. The van der Waals surface area contributed by atoms with Crippen LogP contribution in [0, 0.1) is 6.92 Å². The average molecular weight is 188 g/mol. The van der Waals surface area contributed by atoms with Gasteiger partial charge < -0.3 is 4.57 Å². The van der Waals surface area contributed by atoms with Crippen LogP contribution in [-0.4, -0.2) is 15.3 Å². The van der Waals surface area contributed by atoms with Gasteiger partial charge in [0.25, 0.3) is 0 Å². The van der Waals surface area contributed by atoms with Gasteiger partial charge in [-0.25, -0.2) is 4.98 Å². The Morgan fingerprint density at radius 3 is 2.79 bits per heavy atom. The topological polar surface area (TPSA) is 34.9 Å². The van der Waals surface area contributed by atoms with Crippen LogP contribution in [0.2, 0.25) is 0 Å². The third kappa shape index (κ3) is 1.21. The maximum Gasteiger partial charge on any atom is 0.195 e. The van der Waals surface area contributed by atoms with Crippen molar-refractivity contribution in [2.45, 2.75) is 13.8 Å². The Bertz CT molecular complexity index is 511. The Morgan fingerprint density at radius 2 is 2.14 bits per heavy atom. The number of aryl methyl sites for hydroxylation is 2. The van der Waals surface area contributed by atoms with Crippen LogP contribution in [0.5, 0.6) is 0 Å². The maximum absolute atomic E-state index is 11.2. The van der Waals surface area contributed by atoms with Crippen LogP contribution in [0.25, 0.3) is 11.0 Å². The molecule has 14 heavy (non-hydrogen) atoms. The Balaban J connectivity index is 2.80. The Hall–Kier alpha value is -1.64. The number of aromatic nitrogens is 2. The molecule has 3 nitrogen and oxygen atoms in total. The molecule has 0 atom stereocenters. The van der Waals surface area contributed by atoms with Crippen molar-refractivity contribution in [1.29, 1.82) is 0 Å². The first-order chi connectivity index (χ1) is 6.59. The lowest BCUT2D eigenvalue weighted by molar-refractivity contribution is 0.100. The van der Waals surface area contributed by atoms with Gasteiger partial charge in [-0.1, -0.05) is 6.07 Å². The molecule has 3 heteroatoms. The van der Waals surface area contributed by atoms with Gasteiger partial charge >= 0.3 is 0 Å². The summed E-state index contributed by atoms with van der Waals surface area (Å²) in [5.74, 6) is 0.520. The lowest BCUT2D eigenvalue weighted by Gasteiger charge is -1.97. The molecule has 1 heterocycles. The lowest BCUT2D eigenvalue weighted by atomic mass is 10.2. The summed E-state index contributed by atoms with van der Waals surface area (Å²) in [6.07, 6.45) is 0. The molecule has 1 aromatic carbocycles. The predicted octanol–water partition coefficient (Wildman–Crippen LogP) is 2.08. The van der Waals surface area contributed by atoms with E-state index in [0.29, 0.717) is 5.82 Å². The van der Waals surface area contributed by atoms with Gasteiger partial charge in [-0.3, -0.25) is 4.79 Å². The van der Waals surface area contributed by atoms with E-state index >= 15 is 0 Å². The zero-order chi connectivity index (χ0) is 10.3. The Kier molecular flexibility index (Phi) is 1.88. The largest absolute Gasteiger partial charge is 0.325 e.